The molecule has 108 valence electrons. The van der Waals surface area contributed by atoms with Gasteiger partial charge in [-0.2, -0.15) is 0 Å². The van der Waals surface area contributed by atoms with E-state index >= 15 is 0 Å². The second-order valence-corrected chi connectivity index (χ2v) is 7.03. The molecule has 0 spiro atoms. The summed E-state index contributed by atoms with van der Waals surface area (Å²) >= 11 is 1.33. The summed E-state index contributed by atoms with van der Waals surface area (Å²) < 4.78 is -1.10. The molecule has 1 aliphatic heterocycles. The number of rotatable bonds is 3. The van der Waals surface area contributed by atoms with Gasteiger partial charge in [-0.1, -0.05) is 37.7 Å². The maximum atomic E-state index is 12.5. The minimum Gasteiger partial charge on any atom is -0.354 e. The predicted molar refractivity (Wildman–Crippen MR) is 82.0 cm³/mol. The van der Waals surface area contributed by atoms with Crippen molar-refractivity contribution >= 4 is 29.3 Å². The van der Waals surface area contributed by atoms with Crippen LogP contribution < -0.4 is 10.2 Å². The van der Waals surface area contributed by atoms with Gasteiger partial charge >= 0.3 is 0 Å². The zero-order valence-electron chi connectivity index (χ0n) is 12.3. The Morgan fingerprint density at radius 2 is 2.05 bits per heavy atom. The number of fused-ring (bicyclic) bond motifs is 1. The topological polar surface area (TPSA) is 49.4 Å². The summed E-state index contributed by atoms with van der Waals surface area (Å²) in [5, 5.41) is 2.87. The van der Waals surface area contributed by atoms with E-state index < -0.39 is 4.75 Å². The molecule has 0 aromatic heterocycles. The number of hydrogen-bond acceptors (Lipinski definition) is 3. The van der Waals surface area contributed by atoms with Crippen molar-refractivity contribution < 1.29 is 9.59 Å². The van der Waals surface area contributed by atoms with E-state index in [0.29, 0.717) is 12.5 Å². The van der Waals surface area contributed by atoms with Gasteiger partial charge in [-0.3, -0.25) is 9.59 Å². The van der Waals surface area contributed by atoms with E-state index in [1.165, 1.54) is 11.8 Å². The summed E-state index contributed by atoms with van der Waals surface area (Å²) in [6.45, 7) is 6.33. The summed E-state index contributed by atoms with van der Waals surface area (Å²) in [7, 11) is 1.72. The first-order chi connectivity index (χ1) is 9.36. The normalized spacial score (nSPS) is 21.9. The van der Waals surface area contributed by atoms with Gasteiger partial charge in [0, 0.05) is 18.5 Å². The van der Waals surface area contributed by atoms with E-state index in [9.17, 15) is 9.59 Å². The average molecular weight is 292 g/mol. The molecule has 0 aliphatic carbocycles. The minimum atomic E-state index is -1.10. The SMILES string of the molecule is CC(C)CNC(=O)[C@@]1(C)Sc2ccccc2N(C)C1=O. The van der Waals surface area contributed by atoms with Gasteiger partial charge in [0.2, 0.25) is 5.91 Å². The number of carbonyl (C=O) groups is 2. The lowest BCUT2D eigenvalue weighted by atomic mass is 10.1. The van der Waals surface area contributed by atoms with Crippen LogP contribution in [0.15, 0.2) is 29.2 Å². The lowest BCUT2D eigenvalue weighted by Crippen LogP contribution is -2.55. The van der Waals surface area contributed by atoms with Crippen LogP contribution in [0.2, 0.25) is 0 Å². The third-order valence-electron chi connectivity index (χ3n) is 3.36. The molecule has 0 radical (unpaired) electrons. The van der Waals surface area contributed by atoms with Crippen molar-refractivity contribution in [1.29, 1.82) is 0 Å². The van der Waals surface area contributed by atoms with Gasteiger partial charge in [-0.15, -0.1) is 0 Å². The summed E-state index contributed by atoms with van der Waals surface area (Å²) in [6.07, 6.45) is 0. The van der Waals surface area contributed by atoms with Gasteiger partial charge in [0.1, 0.15) is 0 Å². The number of benzene rings is 1. The largest absolute Gasteiger partial charge is 0.354 e. The molecule has 2 amide bonds. The van der Waals surface area contributed by atoms with Crippen molar-refractivity contribution in [2.24, 2.45) is 5.92 Å². The fourth-order valence-corrected chi connectivity index (χ4v) is 3.41. The molecule has 1 heterocycles. The molecule has 0 saturated heterocycles. The molecule has 1 aromatic rings. The Balaban J connectivity index is 2.29. The smallest absolute Gasteiger partial charge is 0.252 e. The van der Waals surface area contributed by atoms with Crippen molar-refractivity contribution in [1.82, 2.24) is 5.32 Å². The van der Waals surface area contributed by atoms with Gasteiger partial charge in [-0.25, -0.2) is 0 Å². The van der Waals surface area contributed by atoms with Crippen molar-refractivity contribution in [2.45, 2.75) is 30.4 Å². The monoisotopic (exact) mass is 292 g/mol. The lowest BCUT2D eigenvalue weighted by Gasteiger charge is -2.37. The molecule has 0 fully saturated rings. The molecule has 0 unspecified atom stereocenters. The summed E-state index contributed by atoms with van der Waals surface area (Å²) in [4.78, 5) is 27.5. The highest BCUT2D eigenvalue weighted by molar-refractivity contribution is 8.02. The third-order valence-corrected chi connectivity index (χ3v) is 4.69. The number of hydrogen-bond donors (Lipinski definition) is 1. The molecular weight excluding hydrogens is 272 g/mol. The Kier molecular flexibility index (Phi) is 4.09. The molecule has 1 atom stereocenters. The zero-order chi connectivity index (χ0) is 14.9. The number of amides is 2. The number of para-hydroxylation sites is 1. The quantitative estimate of drug-likeness (QED) is 0.870. The van der Waals surface area contributed by atoms with E-state index in [-0.39, 0.29) is 11.8 Å². The maximum Gasteiger partial charge on any atom is 0.252 e. The van der Waals surface area contributed by atoms with Gasteiger partial charge in [0.05, 0.1) is 5.69 Å². The van der Waals surface area contributed by atoms with Gasteiger partial charge in [-0.05, 0) is 25.0 Å². The molecule has 0 saturated carbocycles. The van der Waals surface area contributed by atoms with E-state index in [0.717, 1.165) is 10.6 Å². The Morgan fingerprint density at radius 1 is 1.40 bits per heavy atom. The van der Waals surface area contributed by atoms with Crippen LogP contribution in [-0.4, -0.2) is 30.2 Å². The third kappa shape index (κ3) is 2.54. The number of nitrogens with zero attached hydrogens (tertiary/aromatic N) is 1. The first kappa shape index (κ1) is 14.9. The second kappa shape index (κ2) is 5.48. The molecule has 20 heavy (non-hydrogen) atoms. The molecule has 2 rings (SSSR count). The van der Waals surface area contributed by atoms with Crippen LogP contribution in [-0.2, 0) is 9.59 Å². The Bertz CT molecular complexity index is 544. The van der Waals surface area contributed by atoms with E-state index in [1.807, 2.05) is 38.1 Å². The summed E-state index contributed by atoms with van der Waals surface area (Å²) in [5.74, 6) is -0.0405. The summed E-state index contributed by atoms with van der Waals surface area (Å²) in [5.41, 5.74) is 0.858. The molecular formula is C15H20N2O2S. The number of anilines is 1. The molecule has 0 bridgehead atoms. The van der Waals surface area contributed by atoms with Crippen molar-refractivity contribution in [3.8, 4) is 0 Å². The molecule has 1 aliphatic rings. The van der Waals surface area contributed by atoms with Crippen molar-refractivity contribution in [2.75, 3.05) is 18.5 Å². The van der Waals surface area contributed by atoms with Crippen LogP contribution in [0.4, 0.5) is 5.69 Å². The van der Waals surface area contributed by atoms with Gasteiger partial charge in [0.15, 0.2) is 4.75 Å². The first-order valence-corrected chi connectivity index (χ1v) is 7.52. The van der Waals surface area contributed by atoms with Crippen LogP contribution in [0.5, 0.6) is 0 Å². The Hall–Kier alpha value is -1.49. The van der Waals surface area contributed by atoms with Crippen LogP contribution >= 0.6 is 11.8 Å². The Morgan fingerprint density at radius 3 is 2.70 bits per heavy atom. The van der Waals surface area contributed by atoms with Gasteiger partial charge in [0.25, 0.3) is 5.91 Å². The van der Waals surface area contributed by atoms with Crippen LogP contribution in [0.3, 0.4) is 0 Å². The van der Waals surface area contributed by atoms with Gasteiger partial charge < -0.3 is 10.2 Å². The van der Waals surface area contributed by atoms with Crippen molar-refractivity contribution in [3.63, 3.8) is 0 Å². The Labute approximate surface area is 123 Å². The predicted octanol–water partition coefficient (Wildman–Crippen LogP) is 2.29. The average Bonchev–Trinajstić information content (AvgIpc) is 2.42. The fraction of sp³-hybridized carbons (Fsp3) is 0.467. The number of carbonyl (C=O) groups excluding carboxylic acids is 2. The second-order valence-electron chi connectivity index (χ2n) is 5.57. The number of nitrogens with one attached hydrogen (secondary N) is 1. The lowest BCUT2D eigenvalue weighted by molar-refractivity contribution is -0.131. The highest BCUT2D eigenvalue weighted by Crippen LogP contribution is 2.44. The standard InChI is InChI=1S/C15H20N2O2S/c1-10(2)9-16-13(18)15(3)14(19)17(4)11-7-5-6-8-12(11)20-15/h5-8,10H,9H2,1-4H3,(H,16,18)/t15-/m1/s1. The van der Waals surface area contributed by atoms with E-state index in [4.69, 9.17) is 0 Å². The highest BCUT2D eigenvalue weighted by atomic mass is 32.2. The highest BCUT2D eigenvalue weighted by Gasteiger charge is 2.48. The molecule has 5 heteroatoms. The number of thioether (sulfide) groups is 1. The maximum absolute atomic E-state index is 12.5. The van der Waals surface area contributed by atoms with E-state index in [2.05, 4.69) is 5.32 Å². The van der Waals surface area contributed by atoms with Crippen LogP contribution in [0, 0.1) is 5.92 Å². The van der Waals surface area contributed by atoms with E-state index in [1.54, 1.807) is 18.9 Å². The molecule has 4 nitrogen and oxygen atoms in total. The molecule has 1 N–H and O–H groups in total. The summed E-state index contributed by atoms with van der Waals surface area (Å²) in [6, 6.07) is 7.65. The fourth-order valence-electron chi connectivity index (χ4n) is 2.12. The zero-order valence-corrected chi connectivity index (χ0v) is 13.1. The van der Waals surface area contributed by atoms with Crippen LogP contribution in [0.1, 0.15) is 20.8 Å². The minimum absolute atomic E-state index is 0.178. The first-order valence-electron chi connectivity index (χ1n) is 6.70. The van der Waals surface area contributed by atoms with Crippen LogP contribution in [0.25, 0.3) is 0 Å². The van der Waals surface area contributed by atoms with Crippen molar-refractivity contribution in [3.05, 3.63) is 24.3 Å². The molecule has 1 aromatic carbocycles.